The van der Waals surface area contributed by atoms with Gasteiger partial charge >= 0.3 is 6.11 Å². The average Bonchev–Trinajstić information content (AvgIpc) is 2.59. The van der Waals surface area contributed by atoms with E-state index in [1.54, 1.807) is 19.1 Å². The van der Waals surface area contributed by atoms with Gasteiger partial charge in [-0.1, -0.05) is 35.9 Å². The second kappa shape index (κ2) is 7.30. The number of halogens is 4. The molecule has 0 saturated carbocycles. The third kappa shape index (κ3) is 3.88. The number of alkyl halides is 2. The van der Waals surface area contributed by atoms with Gasteiger partial charge in [-0.05, 0) is 56.0 Å². The van der Waals surface area contributed by atoms with E-state index in [2.05, 4.69) is 4.74 Å². The largest absolute Gasteiger partial charge is 0.429 e. The van der Waals surface area contributed by atoms with Gasteiger partial charge in [0.25, 0.3) is 0 Å². The number of hydrogen-bond donors (Lipinski definition) is 0. The van der Waals surface area contributed by atoms with Crippen LogP contribution >= 0.6 is 0 Å². The number of benzene rings is 3. The average molecular weight is 388 g/mol. The van der Waals surface area contributed by atoms with E-state index in [9.17, 15) is 17.6 Å². The van der Waals surface area contributed by atoms with Crippen molar-refractivity contribution in [2.45, 2.75) is 33.8 Å². The maximum Gasteiger partial charge on any atom is 0.426 e. The molecule has 0 aliphatic rings. The van der Waals surface area contributed by atoms with Gasteiger partial charge in [0, 0.05) is 17.7 Å². The molecule has 3 rings (SSSR count). The van der Waals surface area contributed by atoms with E-state index >= 15 is 0 Å². The Labute approximate surface area is 161 Å². The summed E-state index contributed by atoms with van der Waals surface area (Å²) in [5, 5.41) is 0. The summed E-state index contributed by atoms with van der Waals surface area (Å²) in [6.45, 7) is 6.72. The first kappa shape index (κ1) is 19.9. The summed E-state index contributed by atoms with van der Waals surface area (Å²) in [4.78, 5) is 0. The van der Waals surface area contributed by atoms with Crippen molar-refractivity contribution in [3.63, 3.8) is 0 Å². The molecule has 28 heavy (non-hydrogen) atoms. The van der Waals surface area contributed by atoms with Crippen LogP contribution in [-0.4, -0.2) is 0 Å². The van der Waals surface area contributed by atoms with E-state index < -0.39 is 23.5 Å². The van der Waals surface area contributed by atoms with Crippen molar-refractivity contribution in [3.05, 3.63) is 88.0 Å². The van der Waals surface area contributed by atoms with Gasteiger partial charge in [-0.15, -0.1) is 0 Å². The standard InChI is InChI=1S/C23H20F4O/c1-13-5-7-19(14(2)9-13)17-6-8-20(15(3)10-17)23(26,27)28-18-11-21(24)16(4)22(25)12-18/h5-12H,1-4H3. The van der Waals surface area contributed by atoms with E-state index in [0.29, 0.717) is 5.56 Å². The number of rotatable bonds is 4. The molecule has 0 spiro atoms. The summed E-state index contributed by atoms with van der Waals surface area (Å²) in [5.41, 5.74) is 3.63. The molecule has 0 bridgehead atoms. The van der Waals surface area contributed by atoms with Crippen LogP contribution < -0.4 is 4.74 Å². The van der Waals surface area contributed by atoms with Crippen molar-refractivity contribution in [3.8, 4) is 16.9 Å². The Balaban J connectivity index is 1.94. The second-order valence-corrected chi connectivity index (χ2v) is 6.98. The first-order valence-electron chi connectivity index (χ1n) is 8.79. The lowest BCUT2D eigenvalue weighted by Gasteiger charge is -2.21. The summed E-state index contributed by atoms with van der Waals surface area (Å²) in [7, 11) is 0. The fraction of sp³-hybridized carbons (Fsp3) is 0.217. The Morgan fingerprint density at radius 1 is 0.750 bits per heavy atom. The predicted octanol–water partition coefficient (Wildman–Crippen LogP) is 6.99. The van der Waals surface area contributed by atoms with E-state index in [0.717, 1.165) is 34.4 Å². The zero-order valence-corrected chi connectivity index (χ0v) is 16.0. The second-order valence-electron chi connectivity index (χ2n) is 6.98. The summed E-state index contributed by atoms with van der Waals surface area (Å²) in [5.74, 6) is -2.44. The minimum atomic E-state index is -3.74. The number of hydrogen-bond acceptors (Lipinski definition) is 1. The lowest BCUT2D eigenvalue weighted by atomic mass is 9.95. The summed E-state index contributed by atoms with van der Waals surface area (Å²) < 4.78 is 61.3. The van der Waals surface area contributed by atoms with Crippen LogP contribution in [0.5, 0.6) is 5.75 Å². The quantitative estimate of drug-likeness (QED) is 0.438. The van der Waals surface area contributed by atoms with Gasteiger partial charge in [-0.25, -0.2) is 8.78 Å². The predicted molar refractivity (Wildman–Crippen MR) is 102 cm³/mol. The van der Waals surface area contributed by atoms with Crippen LogP contribution in [-0.2, 0) is 6.11 Å². The zero-order valence-electron chi connectivity index (χ0n) is 16.0. The van der Waals surface area contributed by atoms with Crippen molar-refractivity contribution in [2.24, 2.45) is 0 Å². The monoisotopic (exact) mass is 388 g/mol. The van der Waals surface area contributed by atoms with Crippen LogP contribution in [0.25, 0.3) is 11.1 Å². The third-order valence-electron chi connectivity index (χ3n) is 4.73. The molecule has 0 N–H and O–H groups in total. The minimum absolute atomic E-state index is 0.246. The molecule has 0 heterocycles. The maximum atomic E-state index is 14.7. The van der Waals surface area contributed by atoms with Crippen LogP contribution in [0.2, 0.25) is 0 Å². The highest BCUT2D eigenvalue weighted by Gasteiger charge is 2.36. The molecule has 0 aromatic heterocycles. The molecule has 1 nitrogen and oxygen atoms in total. The highest BCUT2D eigenvalue weighted by molar-refractivity contribution is 5.68. The smallest absolute Gasteiger partial charge is 0.426 e. The van der Waals surface area contributed by atoms with Crippen molar-refractivity contribution in [1.29, 1.82) is 0 Å². The molecule has 0 atom stereocenters. The molecule has 0 saturated heterocycles. The third-order valence-corrected chi connectivity index (χ3v) is 4.73. The molecule has 0 unspecified atom stereocenters. The van der Waals surface area contributed by atoms with E-state index in [-0.39, 0.29) is 11.1 Å². The first-order chi connectivity index (χ1) is 13.1. The molecule has 0 aliphatic heterocycles. The molecule has 0 amide bonds. The van der Waals surface area contributed by atoms with Crippen LogP contribution in [0.15, 0.2) is 48.5 Å². The fourth-order valence-electron chi connectivity index (χ4n) is 3.18. The lowest BCUT2D eigenvalue weighted by Crippen LogP contribution is -2.23. The van der Waals surface area contributed by atoms with E-state index in [1.807, 2.05) is 32.0 Å². The van der Waals surface area contributed by atoms with Crippen molar-refractivity contribution < 1.29 is 22.3 Å². The van der Waals surface area contributed by atoms with Gasteiger partial charge in [-0.3, -0.25) is 0 Å². The van der Waals surface area contributed by atoms with Gasteiger partial charge in [0.2, 0.25) is 0 Å². The summed E-state index contributed by atoms with van der Waals surface area (Å²) in [6, 6.07) is 12.0. The van der Waals surface area contributed by atoms with Crippen molar-refractivity contribution >= 4 is 0 Å². The van der Waals surface area contributed by atoms with Crippen LogP contribution in [0.3, 0.4) is 0 Å². The molecule has 3 aromatic carbocycles. The Bertz CT molecular complexity index is 1020. The van der Waals surface area contributed by atoms with Crippen LogP contribution in [0.4, 0.5) is 17.6 Å². The minimum Gasteiger partial charge on any atom is -0.429 e. The molecule has 146 valence electrons. The van der Waals surface area contributed by atoms with Gasteiger partial charge in [-0.2, -0.15) is 8.78 Å². The molecule has 3 aromatic rings. The Kier molecular flexibility index (Phi) is 5.20. The molecule has 5 heteroatoms. The van der Waals surface area contributed by atoms with Gasteiger partial charge in [0.1, 0.15) is 17.4 Å². The van der Waals surface area contributed by atoms with Gasteiger partial charge in [0.15, 0.2) is 0 Å². The highest BCUT2D eigenvalue weighted by atomic mass is 19.3. The Hall–Kier alpha value is -2.82. The fourth-order valence-corrected chi connectivity index (χ4v) is 3.18. The molecule has 0 radical (unpaired) electrons. The molecular weight excluding hydrogens is 368 g/mol. The SMILES string of the molecule is Cc1ccc(-c2ccc(C(F)(F)Oc3cc(F)c(C)c(F)c3)c(C)c2)c(C)c1. The van der Waals surface area contributed by atoms with Crippen LogP contribution in [0, 0.1) is 39.3 Å². The zero-order chi connectivity index (χ0) is 20.6. The van der Waals surface area contributed by atoms with Gasteiger partial charge in [0.05, 0.1) is 5.56 Å². The van der Waals surface area contributed by atoms with Crippen molar-refractivity contribution in [1.82, 2.24) is 0 Å². The lowest BCUT2D eigenvalue weighted by molar-refractivity contribution is -0.186. The Morgan fingerprint density at radius 2 is 1.39 bits per heavy atom. The highest BCUT2D eigenvalue weighted by Crippen LogP contribution is 2.36. The van der Waals surface area contributed by atoms with Crippen molar-refractivity contribution in [2.75, 3.05) is 0 Å². The van der Waals surface area contributed by atoms with E-state index in [4.69, 9.17) is 0 Å². The normalized spacial score (nSPS) is 11.6. The number of ether oxygens (including phenoxy) is 1. The Morgan fingerprint density at radius 3 is 1.96 bits per heavy atom. The topological polar surface area (TPSA) is 9.23 Å². The van der Waals surface area contributed by atoms with E-state index in [1.165, 1.54) is 13.0 Å². The number of aryl methyl sites for hydroxylation is 3. The molecule has 0 aliphatic carbocycles. The molecular formula is C23H20F4O. The summed E-state index contributed by atoms with van der Waals surface area (Å²) >= 11 is 0. The first-order valence-corrected chi connectivity index (χ1v) is 8.79. The molecule has 0 fully saturated rings. The van der Waals surface area contributed by atoms with Gasteiger partial charge < -0.3 is 4.74 Å². The maximum absolute atomic E-state index is 14.7. The van der Waals surface area contributed by atoms with Crippen LogP contribution in [0.1, 0.15) is 27.8 Å². The summed E-state index contributed by atoms with van der Waals surface area (Å²) in [6.07, 6.45) is -3.74.